The fourth-order valence-corrected chi connectivity index (χ4v) is 5.47. The summed E-state index contributed by atoms with van der Waals surface area (Å²) >= 11 is 1.61. The van der Waals surface area contributed by atoms with Crippen molar-refractivity contribution in [2.75, 3.05) is 11.1 Å². The summed E-state index contributed by atoms with van der Waals surface area (Å²) in [6.45, 7) is 2.04. The largest absolute Gasteiger partial charge is 0.322 e. The predicted molar refractivity (Wildman–Crippen MR) is 114 cm³/mol. The van der Waals surface area contributed by atoms with Crippen molar-refractivity contribution < 1.29 is 13.2 Å². The van der Waals surface area contributed by atoms with E-state index in [9.17, 15) is 13.2 Å². The zero-order chi connectivity index (χ0) is 20.0. The first-order chi connectivity index (χ1) is 13.5. The number of carbonyl (C=O) groups excluding carboxylic acids is 1. The number of carbonyl (C=O) groups is 1. The van der Waals surface area contributed by atoms with Gasteiger partial charge in [0, 0.05) is 16.6 Å². The number of nitrogens with one attached hydrogen (secondary N) is 2. The molecule has 0 spiro atoms. The number of thioether (sulfide) groups is 1. The molecule has 2 aromatic rings. The smallest absolute Gasteiger partial charge is 0.256 e. The molecule has 5 nitrogen and oxygen atoms in total. The molecule has 1 saturated carbocycles. The molecule has 0 aliphatic heterocycles. The second kappa shape index (κ2) is 9.58. The van der Waals surface area contributed by atoms with Gasteiger partial charge in [0.2, 0.25) is 10.0 Å². The van der Waals surface area contributed by atoms with Crippen molar-refractivity contribution in [3.63, 3.8) is 0 Å². The molecule has 3 rings (SSSR count). The van der Waals surface area contributed by atoms with Gasteiger partial charge in [-0.25, -0.2) is 13.1 Å². The van der Waals surface area contributed by atoms with Crippen LogP contribution in [0, 0.1) is 0 Å². The third-order valence-electron chi connectivity index (χ3n) is 4.78. The van der Waals surface area contributed by atoms with Crippen LogP contribution in [0.2, 0.25) is 0 Å². The number of hydrogen-bond acceptors (Lipinski definition) is 4. The van der Waals surface area contributed by atoms with Crippen LogP contribution >= 0.6 is 11.8 Å². The van der Waals surface area contributed by atoms with Gasteiger partial charge in [-0.1, -0.05) is 38.3 Å². The zero-order valence-electron chi connectivity index (χ0n) is 16.0. The number of amides is 1. The molecule has 2 N–H and O–H groups in total. The normalized spacial score (nSPS) is 15.3. The Labute approximate surface area is 171 Å². The quantitative estimate of drug-likeness (QED) is 0.641. The van der Waals surface area contributed by atoms with Crippen LogP contribution in [-0.4, -0.2) is 26.1 Å². The molecule has 0 atom stereocenters. The van der Waals surface area contributed by atoms with E-state index in [0.717, 1.165) is 36.3 Å². The second-order valence-electron chi connectivity index (χ2n) is 6.86. The van der Waals surface area contributed by atoms with E-state index in [1.807, 2.05) is 25.1 Å². The number of sulfonamides is 1. The van der Waals surface area contributed by atoms with Gasteiger partial charge < -0.3 is 5.32 Å². The number of benzene rings is 2. The van der Waals surface area contributed by atoms with E-state index < -0.39 is 10.0 Å². The molecule has 1 aliphatic rings. The summed E-state index contributed by atoms with van der Waals surface area (Å²) in [5.41, 5.74) is 1.18. The minimum absolute atomic E-state index is 0.0192. The highest BCUT2D eigenvalue weighted by molar-refractivity contribution is 7.99. The van der Waals surface area contributed by atoms with E-state index in [2.05, 4.69) is 10.0 Å². The lowest BCUT2D eigenvalue weighted by Crippen LogP contribution is -2.36. The van der Waals surface area contributed by atoms with Crippen LogP contribution in [-0.2, 0) is 10.0 Å². The summed E-state index contributed by atoms with van der Waals surface area (Å²) in [5.74, 6) is 0.678. The molecule has 1 aliphatic carbocycles. The maximum absolute atomic E-state index is 12.6. The van der Waals surface area contributed by atoms with Gasteiger partial charge in [-0.05, 0) is 55.0 Å². The fourth-order valence-electron chi connectivity index (χ4n) is 3.36. The molecule has 150 valence electrons. The van der Waals surface area contributed by atoms with Gasteiger partial charge in [0.25, 0.3) is 5.91 Å². The van der Waals surface area contributed by atoms with Crippen LogP contribution in [0.1, 0.15) is 49.4 Å². The van der Waals surface area contributed by atoms with Gasteiger partial charge in [-0.3, -0.25) is 4.79 Å². The Morgan fingerprint density at radius 2 is 1.71 bits per heavy atom. The Balaban J connectivity index is 1.68. The Hall–Kier alpha value is -1.83. The first kappa shape index (κ1) is 20.9. The average molecular weight is 419 g/mol. The van der Waals surface area contributed by atoms with Crippen LogP contribution < -0.4 is 10.0 Å². The van der Waals surface area contributed by atoms with Crippen molar-refractivity contribution in [1.29, 1.82) is 0 Å². The van der Waals surface area contributed by atoms with Crippen molar-refractivity contribution >= 4 is 33.4 Å². The molecule has 0 radical (unpaired) electrons. The SMILES string of the molecule is CCSc1ccccc1C(=O)Nc1ccc(S(=O)(=O)NC2CCCCC2)cc1. The van der Waals surface area contributed by atoms with Crippen LogP contribution in [0.25, 0.3) is 0 Å². The van der Waals surface area contributed by atoms with Crippen LogP contribution in [0.4, 0.5) is 5.69 Å². The van der Waals surface area contributed by atoms with Gasteiger partial charge in [0.15, 0.2) is 0 Å². The molecule has 2 aromatic carbocycles. The minimum atomic E-state index is -3.54. The lowest BCUT2D eigenvalue weighted by atomic mass is 9.96. The van der Waals surface area contributed by atoms with Crippen LogP contribution in [0.5, 0.6) is 0 Å². The van der Waals surface area contributed by atoms with Crippen molar-refractivity contribution in [1.82, 2.24) is 4.72 Å². The molecule has 0 heterocycles. The number of anilines is 1. The summed E-state index contributed by atoms with van der Waals surface area (Å²) in [6, 6.07) is 13.8. The van der Waals surface area contributed by atoms with Crippen LogP contribution in [0.15, 0.2) is 58.3 Å². The number of rotatable bonds is 7. The highest BCUT2D eigenvalue weighted by Gasteiger charge is 2.22. The van der Waals surface area contributed by atoms with E-state index in [1.54, 1.807) is 30.0 Å². The molecule has 7 heteroatoms. The highest BCUT2D eigenvalue weighted by atomic mass is 32.2. The Morgan fingerprint density at radius 3 is 2.39 bits per heavy atom. The molecule has 28 heavy (non-hydrogen) atoms. The van der Waals surface area contributed by atoms with Crippen molar-refractivity contribution in [2.24, 2.45) is 0 Å². The first-order valence-corrected chi connectivity index (χ1v) is 12.1. The fraction of sp³-hybridized carbons (Fsp3) is 0.381. The van der Waals surface area contributed by atoms with E-state index in [1.165, 1.54) is 18.6 Å². The van der Waals surface area contributed by atoms with E-state index in [4.69, 9.17) is 0 Å². The van der Waals surface area contributed by atoms with E-state index >= 15 is 0 Å². The Morgan fingerprint density at radius 1 is 1.04 bits per heavy atom. The van der Waals surface area contributed by atoms with Gasteiger partial charge in [0.05, 0.1) is 10.5 Å². The molecule has 0 aromatic heterocycles. The first-order valence-electron chi connectivity index (χ1n) is 9.65. The number of hydrogen-bond donors (Lipinski definition) is 2. The summed E-state index contributed by atoms with van der Waals surface area (Å²) in [4.78, 5) is 13.7. The Bertz CT molecular complexity index is 906. The maximum atomic E-state index is 12.6. The van der Waals surface area contributed by atoms with Crippen molar-refractivity contribution in [2.45, 2.75) is 54.9 Å². The van der Waals surface area contributed by atoms with Gasteiger partial charge in [-0.2, -0.15) is 0 Å². The summed E-state index contributed by atoms with van der Waals surface area (Å²) in [7, 11) is -3.54. The molecular formula is C21H26N2O3S2. The third kappa shape index (κ3) is 5.37. The lowest BCUT2D eigenvalue weighted by Gasteiger charge is -2.22. The van der Waals surface area contributed by atoms with Gasteiger partial charge in [-0.15, -0.1) is 11.8 Å². The molecular weight excluding hydrogens is 392 g/mol. The van der Waals surface area contributed by atoms with Gasteiger partial charge in [0.1, 0.15) is 0 Å². The summed E-state index contributed by atoms with van der Waals surface area (Å²) in [6.07, 6.45) is 5.09. The van der Waals surface area contributed by atoms with Crippen LogP contribution in [0.3, 0.4) is 0 Å². The van der Waals surface area contributed by atoms with Crippen molar-refractivity contribution in [3.8, 4) is 0 Å². The molecule has 0 saturated heterocycles. The third-order valence-corrected chi connectivity index (χ3v) is 7.27. The summed E-state index contributed by atoms with van der Waals surface area (Å²) < 4.78 is 27.9. The monoisotopic (exact) mass is 418 g/mol. The molecule has 1 fully saturated rings. The second-order valence-corrected chi connectivity index (χ2v) is 9.88. The van der Waals surface area contributed by atoms with Gasteiger partial charge >= 0.3 is 0 Å². The predicted octanol–water partition coefficient (Wildman–Crippen LogP) is 4.66. The van der Waals surface area contributed by atoms with E-state index in [-0.39, 0.29) is 16.8 Å². The molecule has 0 bridgehead atoms. The Kier molecular flexibility index (Phi) is 7.15. The average Bonchev–Trinajstić information content (AvgIpc) is 2.69. The zero-order valence-corrected chi connectivity index (χ0v) is 17.6. The topological polar surface area (TPSA) is 75.3 Å². The lowest BCUT2D eigenvalue weighted by molar-refractivity contribution is 0.102. The molecule has 1 amide bonds. The minimum Gasteiger partial charge on any atom is -0.322 e. The van der Waals surface area contributed by atoms with E-state index in [0.29, 0.717) is 11.3 Å². The maximum Gasteiger partial charge on any atom is 0.256 e. The molecule has 0 unspecified atom stereocenters. The highest BCUT2D eigenvalue weighted by Crippen LogP contribution is 2.24. The van der Waals surface area contributed by atoms with Crippen molar-refractivity contribution in [3.05, 3.63) is 54.1 Å². The standard InChI is InChI=1S/C21H26N2O3S2/c1-2-27-20-11-7-6-10-19(20)21(24)22-16-12-14-18(15-13-16)28(25,26)23-17-8-4-3-5-9-17/h6-7,10-15,17,23H,2-5,8-9H2,1H3,(H,22,24). The summed E-state index contributed by atoms with van der Waals surface area (Å²) in [5, 5.41) is 2.85.